The lowest BCUT2D eigenvalue weighted by Crippen LogP contribution is -2.74. The van der Waals surface area contributed by atoms with Gasteiger partial charge < -0.3 is 15.5 Å². The van der Waals surface area contributed by atoms with Crippen LogP contribution in [-0.2, 0) is 4.74 Å². The van der Waals surface area contributed by atoms with Crippen LogP contribution >= 0.6 is 15.9 Å². The van der Waals surface area contributed by atoms with Gasteiger partial charge in [0.1, 0.15) is 0 Å². The minimum Gasteiger partial charge on any atom is -0.384 e. The second-order valence-electron chi connectivity index (χ2n) is 4.56. The molecule has 3 saturated carbocycles. The van der Waals surface area contributed by atoms with E-state index in [1.54, 1.807) is 7.11 Å². The van der Waals surface area contributed by atoms with Gasteiger partial charge in [-0.15, -0.1) is 0 Å². The van der Waals surface area contributed by atoms with E-state index < -0.39 is 0 Å². The molecule has 78 valence electrons. The molecule has 0 aromatic carbocycles. The Labute approximate surface area is 92.5 Å². The zero-order valence-corrected chi connectivity index (χ0v) is 9.86. The highest BCUT2D eigenvalue weighted by molar-refractivity contribution is 9.12. The number of allylic oxidation sites excluding steroid dienone is 1. The van der Waals surface area contributed by atoms with Crippen LogP contribution in [0.4, 0.5) is 0 Å². The summed E-state index contributed by atoms with van der Waals surface area (Å²) >= 11 is 3.28. The summed E-state index contributed by atoms with van der Waals surface area (Å²) in [6.07, 6.45) is 6.81. The van der Waals surface area contributed by atoms with Gasteiger partial charge in [-0.25, -0.2) is 0 Å². The van der Waals surface area contributed by atoms with Gasteiger partial charge in [-0.05, 0) is 35.2 Å². The lowest BCUT2D eigenvalue weighted by atomic mass is 9.40. The molecule has 0 saturated heterocycles. The molecular weight excluding hydrogens is 244 g/mol. The third-order valence-electron chi connectivity index (χ3n) is 3.24. The Kier molecular flexibility index (Phi) is 2.43. The van der Waals surface area contributed by atoms with Crippen molar-refractivity contribution in [3.63, 3.8) is 0 Å². The minimum atomic E-state index is 0.320. The van der Waals surface area contributed by atoms with Crippen molar-refractivity contribution in [1.82, 2.24) is 5.32 Å². The first-order valence-electron chi connectivity index (χ1n) is 4.77. The normalized spacial score (nSPS) is 39.7. The molecule has 3 rings (SSSR count). The van der Waals surface area contributed by atoms with Crippen LogP contribution in [0.15, 0.2) is 10.7 Å². The molecule has 0 radical (unpaired) electrons. The Morgan fingerprint density at radius 2 is 2.21 bits per heavy atom. The van der Waals surface area contributed by atoms with Crippen LogP contribution in [0.1, 0.15) is 19.3 Å². The van der Waals surface area contributed by atoms with E-state index in [0.717, 1.165) is 11.1 Å². The van der Waals surface area contributed by atoms with Gasteiger partial charge in [0, 0.05) is 30.5 Å². The van der Waals surface area contributed by atoms with E-state index >= 15 is 0 Å². The zero-order valence-electron chi connectivity index (χ0n) is 8.27. The maximum absolute atomic E-state index is 7.01. The Morgan fingerprint density at radius 3 is 2.71 bits per heavy atom. The second kappa shape index (κ2) is 3.35. The lowest BCUT2D eigenvalue weighted by Gasteiger charge is -2.70. The average molecular weight is 259 g/mol. The molecule has 0 aliphatic heterocycles. The molecular formula is C10H15BrN2O. The molecule has 2 N–H and O–H groups in total. The highest BCUT2D eigenvalue weighted by Crippen LogP contribution is 2.67. The van der Waals surface area contributed by atoms with Crippen molar-refractivity contribution in [2.45, 2.75) is 24.8 Å². The smallest absolute Gasteiger partial charge is 0.0521 e. The summed E-state index contributed by atoms with van der Waals surface area (Å²) in [5, 5.41) is 10.4. The maximum atomic E-state index is 7.01. The summed E-state index contributed by atoms with van der Waals surface area (Å²) in [5.41, 5.74) is 0.799. The Hall–Kier alpha value is -0.350. The van der Waals surface area contributed by atoms with Gasteiger partial charge in [0.15, 0.2) is 0 Å². The summed E-state index contributed by atoms with van der Waals surface area (Å²) in [6, 6.07) is 0. The van der Waals surface area contributed by atoms with Crippen LogP contribution in [0.5, 0.6) is 0 Å². The predicted molar refractivity (Wildman–Crippen MR) is 59.8 cm³/mol. The van der Waals surface area contributed by atoms with E-state index in [4.69, 9.17) is 10.1 Å². The monoisotopic (exact) mass is 258 g/mol. The fourth-order valence-corrected chi connectivity index (χ4v) is 2.99. The van der Waals surface area contributed by atoms with Crippen molar-refractivity contribution in [3.8, 4) is 0 Å². The summed E-state index contributed by atoms with van der Waals surface area (Å²) in [4.78, 5) is 0. The molecule has 2 bridgehead atoms. The topological polar surface area (TPSA) is 45.1 Å². The van der Waals surface area contributed by atoms with Crippen LogP contribution in [0.2, 0.25) is 0 Å². The van der Waals surface area contributed by atoms with E-state index in [-0.39, 0.29) is 0 Å². The van der Waals surface area contributed by atoms with Crippen LogP contribution in [0.3, 0.4) is 0 Å². The van der Waals surface area contributed by atoms with E-state index in [1.807, 2.05) is 6.20 Å². The molecule has 3 fully saturated rings. The number of halogens is 1. The first-order valence-corrected chi connectivity index (χ1v) is 5.56. The standard InChI is InChI=1S/C10H15BrN2O/c1-14-7-9-4-10(5-9,6-9)13-3-8(11)2-12/h2-3,12-13H,4-7H2,1H3/b8-3+,12-2?. The Morgan fingerprint density at radius 1 is 1.57 bits per heavy atom. The molecule has 0 amide bonds. The average Bonchev–Trinajstić information content (AvgIpc) is 2.06. The highest BCUT2D eigenvalue weighted by Gasteiger charge is 2.67. The molecule has 0 atom stereocenters. The first-order chi connectivity index (χ1) is 6.64. The second-order valence-corrected chi connectivity index (χ2v) is 5.48. The van der Waals surface area contributed by atoms with Gasteiger partial charge >= 0.3 is 0 Å². The summed E-state index contributed by atoms with van der Waals surface area (Å²) < 4.78 is 5.98. The van der Waals surface area contributed by atoms with Gasteiger partial charge in [0.2, 0.25) is 0 Å². The van der Waals surface area contributed by atoms with Crippen molar-refractivity contribution in [1.29, 1.82) is 5.41 Å². The molecule has 0 heterocycles. The van der Waals surface area contributed by atoms with Crippen molar-refractivity contribution >= 4 is 22.1 Å². The Bertz CT molecular complexity index is 268. The van der Waals surface area contributed by atoms with Crippen molar-refractivity contribution in [2.75, 3.05) is 13.7 Å². The van der Waals surface area contributed by atoms with E-state index in [9.17, 15) is 0 Å². The number of nitrogens with one attached hydrogen (secondary N) is 2. The van der Waals surface area contributed by atoms with Crippen LogP contribution in [0, 0.1) is 10.8 Å². The molecule has 0 unspecified atom stereocenters. The number of hydrogen-bond acceptors (Lipinski definition) is 3. The van der Waals surface area contributed by atoms with E-state index in [2.05, 4.69) is 21.2 Å². The highest BCUT2D eigenvalue weighted by atomic mass is 79.9. The van der Waals surface area contributed by atoms with Crippen LogP contribution < -0.4 is 5.32 Å². The number of rotatable bonds is 5. The van der Waals surface area contributed by atoms with Crippen molar-refractivity contribution in [2.24, 2.45) is 5.41 Å². The van der Waals surface area contributed by atoms with Gasteiger partial charge in [-0.1, -0.05) is 0 Å². The molecule has 0 aromatic heterocycles. The van der Waals surface area contributed by atoms with Crippen molar-refractivity contribution < 1.29 is 4.74 Å². The maximum Gasteiger partial charge on any atom is 0.0521 e. The molecule has 4 heteroatoms. The minimum absolute atomic E-state index is 0.320. The predicted octanol–water partition coefficient (Wildman–Crippen LogP) is 2.03. The molecule has 3 aliphatic carbocycles. The number of hydrogen-bond donors (Lipinski definition) is 2. The van der Waals surface area contributed by atoms with Gasteiger partial charge in [-0.3, -0.25) is 0 Å². The Balaban J connectivity index is 1.80. The molecule has 3 aliphatic rings. The largest absolute Gasteiger partial charge is 0.384 e. The summed E-state index contributed by atoms with van der Waals surface area (Å²) in [6.45, 7) is 0.895. The van der Waals surface area contributed by atoms with Gasteiger partial charge in [0.25, 0.3) is 0 Å². The third-order valence-corrected chi connectivity index (χ3v) is 3.70. The fourth-order valence-electron chi connectivity index (χ4n) is 2.87. The molecule has 0 aromatic rings. The lowest BCUT2D eigenvalue weighted by molar-refractivity contribution is -0.178. The van der Waals surface area contributed by atoms with Crippen LogP contribution in [0.25, 0.3) is 0 Å². The summed E-state index contributed by atoms with van der Waals surface area (Å²) in [5.74, 6) is 0. The fraction of sp³-hybridized carbons (Fsp3) is 0.700. The van der Waals surface area contributed by atoms with Gasteiger partial charge in [-0.2, -0.15) is 0 Å². The molecule has 0 spiro atoms. The molecule has 3 nitrogen and oxygen atoms in total. The van der Waals surface area contributed by atoms with Crippen molar-refractivity contribution in [3.05, 3.63) is 10.7 Å². The SMILES string of the molecule is COCC12CC(N/C=C(/Br)C=N)(C1)C2. The van der Waals surface area contributed by atoms with E-state index in [1.165, 1.54) is 25.5 Å². The quantitative estimate of drug-likeness (QED) is 0.742. The number of ether oxygens (including phenoxy) is 1. The number of methoxy groups -OCH3 is 1. The molecule has 14 heavy (non-hydrogen) atoms. The first kappa shape index (κ1) is 10.2. The summed E-state index contributed by atoms with van der Waals surface area (Å²) in [7, 11) is 1.77. The van der Waals surface area contributed by atoms with Crippen LogP contribution in [-0.4, -0.2) is 25.5 Å². The van der Waals surface area contributed by atoms with E-state index in [0.29, 0.717) is 11.0 Å². The zero-order chi connectivity index (χ0) is 10.2. The van der Waals surface area contributed by atoms with Gasteiger partial charge in [0.05, 0.1) is 11.1 Å². The third kappa shape index (κ3) is 1.50.